The number of likely N-dealkylation sites (tertiary alicyclic amines) is 1. The molecule has 1 aliphatic rings. The molecule has 1 aromatic carbocycles. The molecule has 1 amide bonds. The van der Waals surface area contributed by atoms with Crippen molar-refractivity contribution < 1.29 is 13.6 Å². The molecule has 1 heterocycles. The molecular weight excluding hydrogens is 260 g/mol. The van der Waals surface area contributed by atoms with Gasteiger partial charge in [-0.05, 0) is 31.0 Å². The lowest BCUT2D eigenvalue weighted by atomic mass is 9.98. The zero-order chi connectivity index (χ0) is 13.3. The lowest BCUT2D eigenvalue weighted by molar-refractivity contribution is -0.129. The monoisotopic (exact) mass is 273 g/mol. The van der Waals surface area contributed by atoms with Crippen LogP contribution in [0.3, 0.4) is 0 Å². The lowest BCUT2D eigenvalue weighted by Gasteiger charge is -2.18. The third-order valence-corrected chi connectivity index (χ3v) is 3.44. The smallest absolute Gasteiger partial charge is 0.240 e. The van der Waals surface area contributed by atoms with Crippen LogP contribution >= 0.6 is 11.6 Å². The zero-order valence-electron chi connectivity index (χ0n) is 10.00. The van der Waals surface area contributed by atoms with Gasteiger partial charge in [0.1, 0.15) is 5.38 Å². The van der Waals surface area contributed by atoms with Gasteiger partial charge in [-0.25, -0.2) is 8.78 Å². The number of hydrogen-bond donors (Lipinski definition) is 0. The number of carbonyl (C=O) groups excluding carboxylic acids is 1. The predicted molar refractivity (Wildman–Crippen MR) is 65.6 cm³/mol. The average molecular weight is 274 g/mol. The Balaban J connectivity index is 2.08. The summed E-state index contributed by atoms with van der Waals surface area (Å²) in [5.41, 5.74) is 0.728. The van der Waals surface area contributed by atoms with E-state index in [1.54, 1.807) is 17.9 Å². The van der Waals surface area contributed by atoms with Crippen molar-refractivity contribution in [3.05, 3.63) is 35.4 Å². The largest absolute Gasteiger partial charge is 0.341 e. The van der Waals surface area contributed by atoms with E-state index in [2.05, 4.69) is 0 Å². The maximum atomic E-state index is 13.1. The quantitative estimate of drug-likeness (QED) is 0.759. The number of rotatable bonds is 2. The summed E-state index contributed by atoms with van der Waals surface area (Å²) in [4.78, 5) is 13.4. The first kappa shape index (κ1) is 13.3. The summed E-state index contributed by atoms with van der Waals surface area (Å²) in [6.07, 6.45) is 0.750. The van der Waals surface area contributed by atoms with E-state index in [0.717, 1.165) is 18.1 Å². The van der Waals surface area contributed by atoms with Crippen molar-refractivity contribution in [1.29, 1.82) is 0 Å². The van der Waals surface area contributed by atoms with Gasteiger partial charge >= 0.3 is 0 Å². The van der Waals surface area contributed by atoms with Gasteiger partial charge in [0.05, 0.1) is 0 Å². The Morgan fingerprint density at radius 3 is 2.78 bits per heavy atom. The van der Waals surface area contributed by atoms with E-state index in [9.17, 15) is 13.6 Å². The van der Waals surface area contributed by atoms with E-state index in [1.165, 1.54) is 6.07 Å². The molecule has 1 fully saturated rings. The van der Waals surface area contributed by atoms with Crippen LogP contribution in [-0.2, 0) is 4.79 Å². The van der Waals surface area contributed by atoms with Gasteiger partial charge in [-0.3, -0.25) is 4.79 Å². The van der Waals surface area contributed by atoms with Crippen LogP contribution in [0.25, 0.3) is 0 Å². The molecule has 18 heavy (non-hydrogen) atoms. The van der Waals surface area contributed by atoms with Crippen LogP contribution in [-0.4, -0.2) is 29.3 Å². The van der Waals surface area contributed by atoms with E-state index < -0.39 is 17.0 Å². The van der Waals surface area contributed by atoms with Gasteiger partial charge < -0.3 is 4.90 Å². The first-order chi connectivity index (χ1) is 8.49. The zero-order valence-corrected chi connectivity index (χ0v) is 10.8. The highest BCUT2D eigenvalue weighted by molar-refractivity contribution is 6.30. The molecule has 1 aliphatic heterocycles. The Hall–Kier alpha value is -1.16. The third kappa shape index (κ3) is 2.64. The van der Waals surface area contributed by atoms with Gasteiger partial charge in [-0.15, -0.1) is 11.6 Å². The van der Waals surface area contributed by atoms with Gasteiger partial charge in [0.15, 0.2) is 11.6 Å². The van der Waals surface area contributed by atoms with Crippen molar-refractivity contribution in [3.63, 3.8) is 0 Å². The molecule has 1 aromatic rings. The van der Waals surface area contributed by atoms with Crippen LogP contribution in [0, 0.1) is 11.6 Å². The number of halogens is 3. The summed E-state index contributed by atoms with van der Waals surface area (Å²) in [7, 11) is 0. The minimum atomic E-state index is -0.848. The summed E-state index contributed by atoms with van der Waals surface area (Å²) in [6, 6.07) is 3.90. The normalized spacial score (nSPS) is 21.1. The van der Waals surface area contributed by atoms with Crippen LogP contribution in [0.1, 0.15) is 24.8 Å². The second-order valence-corrected chi connectivity index (χ2v) is 5.21. The minimum Gasteiger partial charge on any atom is -0.341 e. The summed E-state index contributed by atoms with van der Waals surface area (Å²) >= 11 is 5.75. The summed E-state index contributed by atoms with van der Waals surface area (Å²) < 4.78 is 26.0. The summed E-state index contributed by atoms with van der Waals surface area (Å²) in [5, 5.41) is -0.547. The van der Waals surface area contributed by atoms with Crippen molar-refractivity contribution in [3.8, 4) is 0 Å². The molecule has 5 heteroatoms. The van der Waals surface area contributed by atoms with Gasteiger partial charge in [0.2, 0.25) is 5.91 Å². The molecule has 98 valence electrons. The maximum Gasteiger partial charge on any atom is 0.240 e. The standard InChI is InChI=1S/C13H14ClF2NO/c1-8(14)13(18)17-5-4-10(7-17)9-2-3-11(15)12(16)6-9/h2-3,6,8,10H,4-5,7H2,1H3. The molecule has 0 spiro atoms. The average Bonchev–Trinajstić information content (AvgIpc) is 2.81. The highest BCUT2D eigenvalue weighted by Crippen LogP contribution is 2.28. The molecular formula is C13H14ClF2NO. The van der Waals surface area contributed by atoms with Crippen LogP contribution in [0.2, 0.25) is 0 Å². The molecule has 0 saturated carbocycles. The van der Waals surface area contributed by atoms with E-state index in [4.69, 9.17) is 11.6 Å². The van der Waals surface area contributed by atoms with Crippen molar-refractivity contribution in [2.75, 3.05) is 13.1 Å². The second kappa shape index (κ2) is 5.22. The summed E-state index contributed by atoms with van der Waals surface area (Å²) in [5.74, 6) is -1.75. The van der Waals surface area contributed by atoms with E-state index >= 15 is 0 Å². The Labute approximate surface area is 110 Å². The van der Waals surface area contributed by atoms with Gasteiger partial charge in [0.25, 0.3) is 0 Å². The number of amides is 1. The number of benzene rings is 1. The molecule has 0 radical (unpaired) electrons. The number of alkyl halides is 1. The van der Waals surface area contributed by atoms with Crippen molar-refractivity contribution in [2.45, 2.75) is 24.6 Å². The van der Waals surface area contributed by atoms with Crippen molar-refractivity contribution >= 4 is 17.5 Å². The Morgan fingerprint density at radius 1 is 1.44 bits per heavy atom. The van der Waals surface area contributed by atoms with E-state index in [1.807, 2.05) is 0 Å². The molecule has 0 bridgehead atoms. The molecule has 0 aliphatic carbocycles. The van der Waals surface area contributed by atoms with Crippen molar-refractivity contribution in [2.24, 2.45) is 0 Å². The topological polar surface area (TPSA) is 20.3 Å². The fourth-order valence-electron chi connectivity index (χ4n) is 2.25. The third-order valence-electron chi connectivity index (χ3n) is 3.26. The fourth-order valence-corrected chi connectivity index (χ4v) is 2.39. The number of hydrogen-bond acceptors (Lipinski definition) is 1. The predicted octanol–water partition coefficient (Wildman–Crippen LogP) is 2.91. The first-order valence-electron chi connectivity index (χ1n) is 5.87. The molecule has 1 saturated heterocycles. The maximum absolute atomic E-state index is 13.1. The van der Waals surface area contributed by atoms with Crippen LogP contribution < -0.4 is 0 Å². The van der Waals surface area contributed by atoms with Gasteiger partial charge in [-0.1, -0.05) is 6.07 Å². The highest BCUT2D eigenvalue weighted by atomic mass is 35.5. The molecule has 2 unspecified atom stereocenters. The van der Waals surface area contributed by atoms with Gasteiger partial charge in [-0.2, -0.15) is 0 Å². The van der Waals surface area contributed by atoms with Crippen LogP contribution in [0.5, 0.6) is 0 Å². The molecule has 0 N–H and O–H groups in total. The second-order valence-electron chi connectivity index (χ2n) is 4.56. The first-order valence-corrected chi connectivity index (χ1v) is 6.30. The highest BCUT2D eigenvalue weighted by Gasteiger charge is 2.29. The van der Waals surface area contributed by atoms with Crippen LogP contribution in [0.15, 0.2) is 18.2 Å². The molecule has 0 aromatic heterocycles. The Bertz CT molecular complexity index is 464. The molecule has 2 nitrogen and oxygen atoms in total. The Kier molecular flexibility index (Phi) is 3.85. The molecule has 2 atom stereocenters. The van der Waals surface area contributed by atoms with Crippen LogP contribution in [0.4, 0.5) is 8.78 Å². The number of carbonyl (C=O) groups is 1. The fraction of sp³-hybridized carbons (Fsp3) is 0.462. The lowest BCUT2D eigenvalue weighted by Crippen LogP contribution is -2.33. The van der Waals surface area contributed by atoms with Crippen molar-refractivity contribution in [1.82, 2.24) is 4.90 Å². The molecule has 2 rings (SSSR count). The van der Waals surface area contributed by atoms with Gasteiger partial charge in [0, 0.05) is 19.0 Å². The minimum absolute atomic E-state index is 0.0551. The SMILES string of the molecule is CC(Cl)C(=O)N1CCC(c2ccc(F)c(F)c2)C1. The number of nitrogens with zero attached hydrogens (tertiary/aromatic N) is 1. The Morgan fingerprint density at radius 2 is 2.17 bits per heavy atom. The van der Waals surface area contributed by atoms with E-state index in [-0.39, 0.29) is 11.8 Å². The van der Waals surface area contributed by atoms with E-state index in [0.29, 0.717) is 13.1 Å². The summed E-state index contributed by atoms with van der Waals surface area (Å²) in [6.45, 7) is 2.76.